The normalized spacial score (nSPS) is 15.5. The Hall–Kier alpha value is -4.21. The molecule has 2 aromatic heterocycles. The molecular formula is C30H35FN6O3. The van der Waals surface area contributed by atoms with E-state index in [2.05, 4.69) is 35.0 Å². The molecule has 1 aliphatic heterocycles. The highest BCUT2D eigenvalue weighted by molar-refractivity contribution is 5.94. The van der Waals surface area contributed by atoms with Crippen molar-refractivity contribution in [1.29, 1.82) is 0 Å². The standard InChI is InChI=1S/C30H35FN6O3/c1-6-25(38)35(5)9-10-40-27-26(33-17-34-28(27)32)19-11-18(2)21(22(31)12-19)16-36-7-8-37-23(29(36)39)13-20-14-30(3,4)15-24(20)37/h6,11-13,17H,1,7-10,14-16H2,2-5H3,(H2,32,33,34). The summed E-state index contributed by atoms with van der Waals surface area (Å²) in [6.07, 6.45) is 4.45. The second-order valence-electron chi connectivity index (χ2n) is 11.4. The van der Waals surface area contributed by atoms with Crippen LogP contribution < -0.4 is 10.5 Å². The van der Waals surface area contributed by atoms with Gasteiger partial charge in [0.15, 0.2) is 11.6 Å². The van der Waals surface area contributed by atoms with Crippen LogP contribution in [0.15, 0.2) is 37.2 Å². The molecule has 2 amide bonds. The van der Waals surface area contributed by atoms with Crippen LogP contribution >= 0.6 is 0 Å². The van der Waals surface area contributed by atoms with E-state index in [-0.39, 0.29) is 41.9 Å². The quantitative estimate of drug-likeness (QED) is 0.431. The zero-order valence-corrected chi connectivity index (χ0v) is 23.5. The summed E-state index contributed by atoms with van der Waals surface area (Å²) >= 11 is 0. The maximum absolute atomic E-state index is 15.6. The SMILES string of the molecule is C=CC(=O)N(C)CCOc1c(N)ncnc1-c1cc(C)c(CN2CCn3c(cc4c3CC(C)(C)C4)C2=O)c(F)c1. The molecule has 0 saturated carbocycles. The predicted molar refractivity (Wildman–Crippen MR) is 150 cm³/mol. The van der Waals surface area contributed by atoms with E-state index in [0.717, 1.165) is 12.8 Å². The van der Waals surface area contributed by atoms with Gasteiger partial charge in [0.25, 0.3) is 5.91 Å². The summed E-state index contributed by atoms with van der Waals surface area (Å²) in [6, 6.07) is 5.23. The first kappa shape index (κ1) is 27.4. The summed E-state index contributed by atoms with van der Waals surface area (Å²) in [5.74, 6) is -0.408. The van der Waals surface area contributed by atoms with Crippen molar-refractivity contribution in [3.63, 3.8) is 0 Å². The third kappa shape index (κ3) is 5.05. The number of rotatable bonds is 8. The minimum Gasteiger partial charge on any atom is -0.486 e. The number of aryl methyl sites for hydroxylation is 1. The summed E-state index contributed by atoms with van der Waals surface area (Å²) in [4.78, 5) is 36.6. The Morgan fingerprint density at radius 1 is 1.25 bits per heavy atom. The molecule has 210 valence electrons. The van der Waals surface area contributed by atoms with Crippen LogP contribution in [0.3, 0.4) is 0 Å². The van der Waals surface area contributed by atoms with Crippen molar-refractivity contribution in [2.45, 2.75) is 46.7 Å². The second kappa shape index (κ2) is 10.4. The molecule has 40 heavy (non-hydrogen) atoms. The van der Waals surface area contributed by atoms with Crippen LogP contribution in [0.5, 0.6) is 5.75 Å². The smallest absolute Gasteiger partial charge is 0.270 e. The molecule has 10 heteroatoms. The Bertz CT molecular complexity index is 1490. The van der Waals surface area contributed by atoms with Crippen molar-refractivity contribution < 1.29 is 18.7 Å². The van der Waals surface area contributed by atoms with Crippen LogP contribution in [0, 0.1) is 18.2 Å². The number of nitrogens with two attached hydrogens (primary N) is 1. The number of nitrogen functional groups attached to an aromatic ring is 1. The fraction of sp³-hybridized carbons (Fsp3) is 0.400. The van der Waals surface area contributed by atoms with Crippen LogP contribution in [-0.4, -0.2) is 62.9 Å². The summed E-state index contributed by atoms with van der Waals surface area (Å²) in [5, 5.41) is 0. The zero-order valence-electron chi connectivity index (χ0n) is 23.5. The van der Waals surface area contributed by atoms with E-state index < -0.39 is 5.82 Å². The van der Waals surface area contributed by atoms with Crippen molar-refractivity contribution >= 4 is 17.6 Å². The van der Waals surface area contributed by atoms with Crippen LogP contribution in [0.25, 0.3) is 11.3 Å². The van der Waals surface area contributed by atoms with Crippen molar-refractivity contribution in [2.24, 2.45) is 5.41 Å². The van der Waals surface area contributed by atoms with E-state index in [1.165, 1.54) is 34.6 Å². The number of anilines is 1. The van der Waals surface area contributed by atoms with Gasteiger partial charge in [0.05, 0.1) is 6.54 Å². The maximum Gasteiger partial charge on any atom is 0.270 e. The Balaban J connectivity index is 1.35. The van der Waals surface area contributed by atoms with Crippen molar-refractivity contribution in [2.75, 3.05) is 32.5 Å². The van der Waals surface area contributed by atoms with Gasteiger partial charge in [-0.2, -0.15) is 0 Å². The number of fused-ring (bicyclic) bond motifs is 3. The molecule has 0 atom stereocenters. The molecule has 0 unspecified atom stereocenters. The van der Waals surface area contributed by atoms with Gasteiger partial charge < -0.3 is 24.8 Å². The van der Waals surface area contributed by atoms with Gasteiger partial charge in [0, 0.05) is 43.5 Å². The number of hydrogen-bond acceptors (Lipinski definition) is 6. The van der Waals surface area contributed by atoms with Crippen molar-refractivity contribution in [3.05, 3.63) is 71.1 Å². The first-order chi connectivity index (χ1) is 19.0. The molecule has 0 radical (unpaired) electrons. The topological polar surface area (TPSA) is 107 Å². The third-order valence-corrected chi connectivity index (χ3v) is 7.81. The molecule has 3 aromatic rings. The lowest BCUT2D eigenvalue weighted by atomic mass is 9.90. The zero-order chi connectivity index (χ0) is 28.8. The number of hydrogen-bond donors (Lipinski definition) is 1. The van der Waals surface area contributed by atoms with E-state index >= 15 is 4.39 Å². The summed E-state index contributed by atoms with van der Waals surface area (Å²) in [7, 11) is 1.63. The molecule has 9 nitrogen and oxygen atoms in total. The van der Waals surface area contributed by atoms with Crippen LogP contribution in [0.2, 0.25) is 0 Å². The van der Waals surface area contributed by atoms with Crippen molar-refractivity contribution in [3.8, 4) is 17.0 Å². The molecular weight excluding hydrogens is 511 g/mol. The molecule has 2 aliphatic rings. The van der Waals surface area contributed by atoms with Gasteiger partial charge in [-0.1, -0.05) is 20.4 Å². The number of amides is 2. The Morgan fingerprint density at radius 3 is 2.75 bits per heavy atom. The Kier molecular flexibility index (Phi) is 7.12. The lowest BCUT2D eigenvalue weighted by Crippen LogP contribution is -2.40. The highest BCUT2D eigenvalue weighted by Gasteiger charge is 2.36. The monoisotopic (exact) mass is 546 g/mol. The number of benzene rings is 1. The van der Waals surface area contributed by atoms with Crippen LogP contribution in [0.4, 0.5) is 10.2 Å². The van der Waals surface area contributed by atoms with Crippen molar-refractivity contribution in [1.82, 2.24) is 24.3 Å². The van der Waals surface area contributed by atoms with E-state index in [1.54, 1.807) is 11.9 Å². The molecule has 0 fully saturated rings. The van der Waals surface area contributed by atoms with E-state index in [1.807, 2.05) is 19.1 Å². The molecule has 0 saturated heterocycles. The molecule has 1 aromatic carbocycles. The largest absolute Gasteiger partial charge is 0.486 e. The van der Waals surface area contributed by atoms with Gasteiger partial charge in [0.1, 0.15) is 30.1 Å². The first-order valence-electron chi connectivity index (χ1n) is 13.4. The van der Waals surface area contributed by atoms with E-state index in [9.17, 15) is 9.59 Å². The molecule has 1 aliphatic carbocycles. The summed E-state index contributed by atoms with van der Waals surface area (Å²) in [5.41, 5.74) is 11.5. The molecule has 3 heterocycles. The highest BCUT2D eigenvalue weighted by atomic mass is 19.1. The lowest BCUT2D eigenvalue weighted by Gasteiger charge is -2.30. The highest BCUT2D eigenvalue weighted by Crippen LogP contribution is 2.39. The minimum atomic E-state index is -0.438. The summed E-state index contributed by atoms with van der Waals surface area (Å²) in [6.45, 7) is 11.6. The maximum atomic E-state index is 15.6. The Labute approximate surface area is 233 Å². The van der Waals surface area contributed by atoms with E-state index in [4.69, 9.17) is 10.5 Å². The van der Waals surface area contributed by atoms with Gasteiger partial charge in [-0.25, -0.2) is 14.4 Å². The number of aromatic nitrogens is 3. The fourth-order valence-corrected chi connectivity index (χ4v) is 5.69. The fourth-order valence-electron chi connectivity index (χ4n) is 5.69. The number of ether oxygens (including phenoxy) is 1. The van der Waals surface area contributed by atoms with Gasteiger partial charge in [0.2, 0.25) is 5.91 Å². The van der Waals surface area contributed by atoms with Gasteiger partial charge in [-0.05, 0) is 60.6 Å². The van der Waals surface area contributed by atoms with Crippen LogP contribution in [0.1, 0.15) is 46.7 Å². The van der Waals surface area contributed by atoms with Crippen LogP contribution in [-0.2, 0) is 30.7 Å². The molecule has 2 N–H and O–H groups in total. The number of likely N-dealkylation sites (N-methyl/N-ethyl adjacent to an activating group) is 1. The molecule has 5 rings (SSSR count). The number of carbonyl (C=O) groups is 2. The average molecular weight is 547 g/mol. The average Bonchev–Trinajstić information content (AvgIpc) is 3.39. The van der Waals surface area contributed by atoms with Gasteiger partial charge in [-0.15, -0.1) is 0 Å². The van der Waals surface area contributed by atoms with Gasteiger partial charge in [-0.3, -0.25) is 9.59 Å². The first-order valence-corrected chi connectivity index (χ1v) is 13.4. The molecule has 0 bridgehead atoms. The van der Waals surface area contributed by atoms with Gasteiger partial charge >= 0.3 is 0 Å². The minimum absolute atomic E-state index is 0.0690. The molecule has 0 spiro atoms. The number of halogens is 1. The predicted octanol–water partition coefficient (Wildman–Crippen LogP) is 3.78. The number of carbonyl (C=O) groups excluding carboxylic acids is 2. The number of nitrogens with zero attached hydrogens (tertiary/aromatic N) is 5. The third-order valence-electron chi connectivity index (χ3n) is 7.81. The second-order valence-corrected chi connectivity index (χ2v) is 11.4. The lowest BCUT2D eigenvalue weighted by molar-refractivity contribution is -0.125. The Morgan fingerprint density at radius 2 is 2.02 bits per heavy atom. The van der Waals surface area contributed by atoms with E-state index in [0.29, 0.717) is 47.7 Å². The summed E-state index contributed by atoms with van der Waals surface area (Å²) < 4.78 is 23.6.